The Labute approximate surface area is 107 Å². The summed E-state index contributed by atoms with van der Waals surface area (Å²) in [5, 5.41) is 1.23. The van der Waals surface area contributed by atoms with Crippen LogP contribution in [0.25, 0.3) is 0 Å². The van der Waals surface area contributed by atoms with E-state index in [2.05, 4.69) is 23.7 Å². The molecule has 0 radical (unpaired) electrons. The highest BCUT2D eigenvalue weighted by atomic mass is 32.2. The molecule has 1 aromatic rings. The van der Waals surface area contributed by atoms with E-state index in [1.807, 2.05) is 42.1 Å². The van der Waals surface area contributed by atoms with Crippen molar-refractivity contribution < 1.29 is 0 Å². The zero-order valence-electron chi connectivity index (χ0n) is 10.3. The number of guanidine groups is 1. The van der Waals surface area contributed by atoms with Crippen molar-refractivity contribution in [2.75, 3.05) is 13.1 Å². The second-order valence-corrected chi connectivity index (χ2v) is 6.35. The van der Waals surface area contributed by atoms with Crippen molar-refractivity contribution in [2.24, 2.45) is 10.7 Å². The number of hydrogen-bond acceptors (Lipinski definition) is 2. The average molecular weight is 249 g/mol. The van der Waals surface area contributed by atoms with Crippen molar-refractivity contribution in [1.82, 2.24) is 4.90 Å². The molecule has 1 aliphatic heterocycles. The van der Waals surface area contributed by atoms with Gasteiger partial charge < -0.3 is 10.6 Å². The fourth-order valence-corrected chi connectivity index (χ4v) is 3.40. The maximum Gasteiger partial charge on any atom is 0.196 e. The highest BCUT2D eigenvalue weighted by Crippen LogP contribution is 2.24. The first-order valence-electron chi connectivity index (χ1n) is 5.95. The summed E-state index contributed by atoms with van der Waals surface area (Å²) in [5.74, 6) is 0.634. The summed E-state index contributed by atoms with van der Waals surface area (Å²) in [5.41, 5.74) is 6.99. The molecule has 1 aliphatic rings. The molecule has 1 fully saturated rings. The van der Waals surface area contributed by atoms with Gasteiger partial charge in [-0.3, -0.25) is 0 Å². The van der Waals surface area contributed by atoms with Crippen LogP contribution in [0.4, 0.5) is 5.69 Å². The Hall–Kier alpha value is -1.16. The molecule has 17 heavy (non-hydrogen) atoms. The second kappa shape index (κ2) is 5.45. The standard InChI is InChI=1S/C13H19N3S/c1-10-8-16(9-11(2)17-10)13(14)15-12-6-4-3-5-7-12/h3-7,10-11H,8-9H2,1-2H3,(H2,14,15). The lowest BCUT2D eigenvalue weighted by Gasteiger charge is -2.35. The number of nitrogens with two attached hydrogens (primary N) is 1. The molecule has 1 aromatic carbocycles. The van der Waals surface area contributed by atoms with Crippen LogP contribution in [-0.2, 0) is 0 Å². The van der Waals surface area contributed by atoms with Crippen molar-refractivity contribution in [3.05, 3.63) is 30.3 Å². The Morgan fingerprint density at radius 1 is 1.24 bits per heavy atom. The highest BCUT2D eigenvalue weighted by molar-refractivity contribution is 8.00. The highest BCUT2D eigenvalue weighted by Gasteiger charge is 2.23. The molecule has 0 aromatic heterocycles. The molecule has 2 N–H and O–H groups in total. The molecular weight excluding hydrogens is 230 g/mol. The third kappa shape index (κ3) is 3.40. The normalized spacial score (nSPS) is 26.0. The maximum atomic E-state index is 6.07. The number of nitrogens with zero attached hydrogens (tertiary/aromatic N) is 2. The van der Waals surface area contributed by atoms with E-state index in [1.54, 1.807) is 0 Å². The van der Waals surface area contributed by atoms with Gasteiger partial charge in [0.05, 0.1) is 5.69 Å². The fraction of sp³-hybridized carbons (Fsp3) is 0.462. The summed E-state index contributed by atoms with van der Waals surface area (Å²) >= 11 is 2.02. The van der Waals surface area contributed by atoms with E-state index in [0.29, 0.717) is 16.5 Å². The van der Waals surface area contributed by atoms with E-state index >= 15 is 0 Å². The van der Waals surface area contributed by atoms with Crippen LogP contribution in [0.2, 0.25) is 0 Å². The molecule has 1 heterocycles. The summed E-state index contributed by atoms with van der Waals surface area (Å²) in [7, 11) is 0. The van der Waals surface area contributed by atoms with Crippen LogP contribution in [0.5, 0.6) is 0 Å². The summed E-state index contributed by atoms with van der Waals surface area (Å²) in [4.78, 5) is 6.64. The molecule has 0 saturated carbocycles. The van der Waals surface area contributed by atoms with Gasteiger partial charge in [0.15, 0.2) is 5.96 Å². The molecule has 1 saturated heterocycles. The first-order chi connectivity index (χ1) is 8.15. The van der Waals surface area contributed by atoms with Gasteiger partial charge in [0.25, 0.3) is 0 Å². The van der Waals surface area contributed by atoms with Crippen LogP contribution in [0.3, 0.4) is 0 Å². The van der Waals surface area contributed by atoms with Gasteiger partial charge in [0, 0.05) is 23.6 Å². The maximum absolute atomic E-state index is 6.07. The minimum absolute atomic E-state index is 0.614. The minimum atomic E-state index is 0.614. The van der Waals surface area contributed by atoms with Crippen LogP contribution in [0.1, 0.15) is 13.8 Å². The Balaban J connectivity index is 2.09. The molecule has 0 aliphatic carbocycles. The Bertz CT molecular complexity index is 381. The third-order valence-electron chi connectivity index (χ3n) is 2.74. The SMILES string of the molecule is CC1CN(C(N)=Nc2ccccc2)CC(C)S1. The van der Waals surface area contributed by atoms with Gasteiger partial charge >= 0.3 is 0 Å². The first-order valence-corrected chi connectivity index (χ1v) is 6.89. The molecular formula is C13H19N3S. The van der Waals surface area contributed by atoms with Crippen LogP contribution in [-0.4, -0.2) is 34.4 Å². The topological polar surface area (TPSA) is 41.6 Å². The van der Waals surface area contributed by atoms with Crippen molar-refractivity contribution >= 4 is 23.4 Å². The second-order valence-electron chi connectivity index (χ2n) is 4.47. The summed E-state index contributed by atoms with van der Waals surface area (Å²) in [6, 6.07) is 9.88. The molecule has 2 unspecified atom stereocenters. The number of thioether (sulfide) groups is 1. The molecule has 2 rings (SSSR count). The lowest BCUT2D eigenvalue weighted by atomic mass is 10.3. The number of rotatable bonds is 1. The predicted molar refractivity (Wildman–Crippen MR) is 75.8 cm³/mol. The number of para-hydroxylation sites is 1. The molecule has 0 amide bonds. The number of aliphatic imine (C=N–C) groups is 1. The smallest absolute Gasteiger partial charge is 0.196 e. The third-order valence-corrected chi connectivity index (χ3v) is 3.97. The Kier molecular flexibility index (Phi) is 3.94. The largest absolute Gasteiger partial charge is 0.369 e. The van der Waals surface area contributed by atoms with Crippen LogP contribution in [0.15, 0.2) is 35.3 Å². The van der Waals surface area contributed by atoms with Crippen LogP contribution < -0.4 is 5.73 Å². The molecule has 0 spiro atoms. The summed E-state index contributed by atoms with van der Waals surface area (Å²) < 4.78 is 0. The van der Waals surface area contributed by atoms with E-state index in [0.717, 1.165) is 18.8 Å². The molecule has 4 heteroatoms. The van der Waals surface area contributed by atoms with E-state index < -0.39 is 0 Å². The average Bonchev–Trinajstić information content (AvgIpc) is 2.29. The van der Waals surface area contributed by atoms with Gasteiger partial charge in [0.2, 0.25) is 0 Å². The molecule has 3 nitrogen and oxygen atoms in total. The van der Waals surface area contributed by atoms with E-state index in [-0.39, 0.29) is 0 Å². The Morgan fingerprint density at radius 3 is 2.41 bits per heavy atom. The monoisotopic (exact) mass is 249 g/mol. The van der Waals surface area contributed by atoms with Gasteiger partial charge in [-0.25, -0.2) is 4.99 Å². The Morgan fingerprint density at radius 2 is 1.82 bits per heavy atom. The van der Waals surface area contributed by atoms with Crippen molar-refractivity contribution in [3.8, 4) is 0 Å². The molecule has 92 valence electrons. The predicted octanol–water partition coefficient (Wildman–Crippen LogP) is 2.46. The number of hydrogen-bond donors (Lipinski definition) is 1. The zero-order valence-corrected chi connectivity index (χ0v) is 11.2. The molecule has 2 atom stereocenters. The van der Waals surface area contributed by atoms with Gasteiger partial charge in [0.1, 0.15) is 0 Å². The fourth-order valence-electron chi connectivity index (χ4n) is 2.07. The van der Waals surface area contributed by atoms with Gasteiger partial charge in [-0.15, -0.1) is 0 Å². The van der Waals surface area contributed by atoms with Gasteiger partial charge in [-0.1, -0.05) is 32.0 Å². The lowest BCUT2D eigenvalue weighted by Crippen LogP contribution is -2.47. The quantitative estimate of drug-likeness (QED) is 0.614. The first kappa shape index (κ1) is 12.3. The lowest BCUT2D eigenvalue weighted by molar-refractivity contribution is 0.406. The van der Waals surface area contributed by atoms with E-state index in [1.165, 1.54) is 0 Å². The van der Waals surface area contributed by atoms with Crippen molar-refractivity contribution in [1.29, 1.82) is 0 Å². The van der Waals surface area contributed by atoms with Gasteiger partial charge in [-0.05, 0) is 12.1 Å². The van der Waals surface area contributed by atoms with Crippen molar-refractivity contribution in [2.45, 2.75) is 24.3 Å². The van der Waals surface area contributed by atoms with E-state index in [9.17, 15) is 0 Å². The van der Waals surface area contributed by atoms with Crippen molar-refractivity contribution in [3.63, 3.8) is 0 Å². The van der Waals surface area contributed by atoms with Crippen LogP contribution >= 0.6 is 11.8 Å². The molecule has 0 bridgehead atoms. The zero-order chi connectivity index (χ0) is 12.3. The van der Waals surface area contributed by atoms with E-state index in [4.69, 9.17) is 5.73 Å². The minimum Gasteiger partial charge on any atom is -0.369 e. The number of benzene rings is 1. The van der Waals surface area contributed by atoms with Gasteiger partial charge in [-0.2, -0.15) is 11.8 Å². The summed E-state index contributed by atoms with van der Waals surface area (Å²) in [6.07, 6.45) is 0. The van der Waals surface area contributed by atoms with Crippen LogP contribution in [0, 0.1) is 0 Å². The summed E-state index contributed by atoms with van der Waals surface area (Å²) in [6.45, 7) is 6.45.